The average molecular weight is 445 g/mol. The molecule has 0 bridgehead atoms. The van der Waals surface area contributed by atoms with Crippen molar-refractivity contribution in [3.8, 4) is 34.1 Å². The van der Waals surface area contributed by atoms with E-state index in [1.807, 2.05) is 6.07 Å². The van der Waals surface area contributed by atoms with Crippen LogP contribution < -0.4 is 0 Å². The summed E-state index contributed by atoms with van der Waals surface area (Å²) in [6.07, 6.45) is 0. The lowest BCUT2D eigenvalue weighted by Crippen LogP contribution is -1.91. The molecule has 0 saturated heterocycles. The predicted molar refractivity (Wildman–Crippen MR) is 149 cm³/mol. The van der Waals surface area contributed by atoms with E-state index in [0.29, 0.717) is 0 Å². The van der Waals surface area contributed by atoms with Crippen molar-refractivity contribution >= 4 is 21.5 Å². The Hall–Kier alpha value is -4.60. The van der Waals surface area contributed by atoms with Crippen LogP contribution in [0.3, 0.4) is 0 Å². The molecule has 0 aliphatic carbocycles. The summed E-state index contributed by atoms with van der Waals surface area (Å²) in [5, 5.41) is 4.87. The summed E-state index contributed by atoms with van der Waals surface area (Å²) in [4.78, 5) is 0. The molecule has 0 aliphatic heterocycles. The second-order valence-electron chi connectivity index (χ2n) is 8.91. The molecule has 0 fully saturated rings. The summed E-state index contributed by atoms with van der Waals surface area (Å²) >= 11 is 0. The summed E-state index contributed by atoms with van der Waals surface area (Å²) in [6.45, 7) is 2.15. The number of hydrogen-bond donors (Lipinski definition) is 0. The van der Waals surface area contributed by atoms with Crippen LogP contribution in [0.2, 0.25) is 0 Å². The van der Waals surface area contributed by atoms with Gasteiger partial charge in [0.25, 0.3) is 0 Å². The number of aryl methyl sites for hydroxylation is 1. The molecular formula is C35H24. The average Bonchev–Trinajstić information content (AvgIpc) is 2.92. The van der Waals surface area contributed by atoms with E-state index in [1.165, 1.54) is 49.4 Å². The molecule has 0 atom stereocenters. The van der Waals surface area contributed by atoms with Crippen LogP contribution in [0.15, 0.2) is 127 Å². The first-order valence-electron chi connectivity index (χ1n) is 12.0. The van der Waals surface area contributed by atoms with Gasteiger partial charge in [-0.1, -0.05) is 133 Å². The molecule has 0 aliphatic rings. The zero-order valence-electron chi connectivity index (χ0n) is 19.6. The van der Waals surface area contributed by atoms with Crippen LogP contribution in [0.5, 0.6) is 0 Å². The Kier molecular flexibility index (Phi) is 5.38. The maximum absolute atomic E-state index is 3.58. The second-order valence-corrected chi connectivity index (χ2v) is 8.91. The van der Waals surface area contributed by atoms with Gasteiger partial charge in [-0.25, -0.2) is 0 Å². The Morgan fingerprint density at radius 1 is 0.429 bits per heavy atom. The van der Waals surface area contributed by atoms with E-state index in [2.05, 4.69) is 140 Å². The van der Waals surface area contributed by atoms with Gasteiger partial charge in [-0.2, -0.15) is 0 Å². The van der Waals surface area contributed by atoms with Crippen LogP contribution in [-0.4, -0.2) is 0 Å². The maximum Gasteiger partial charge on any atom is 0.0406 e. The van der Waals surface area contributed by atoms with Gasteiger partial charge < -0.3 is 0 Å². The van der Waals surface area contributed by atoms with Crippen molar-refractivity contribution in [2.75, 3.05) is 0 Å². The molecule has 0 aromatic heterocycles. The molecule has 0 amide bonds. The smallest absolute Gasteiger partial charge is 0.0406 e. The van der Waals surface area contributed by atoms with Gasteiger partial charge in [0.15, 0.2) is 0 Å². The van der Waals surface area contributed by atoms with Crippen LogP contribution in [0.1, 0.15) is 16.7 Å². The zero-order chi connectivity index (χ0) is 23.6. The van der Waals surface area contributed by atoms with Gasteiger partial charge in [0.05, 0.1) is 0 Å². The number of benzene rings is 6. The van der Waals surface area contributed by atoms with Gasteiger partial charge in [0.1, 0.15) is 0 Å². The first kappa shape index (κ1) is 21.0. The Bertz CT molecular complexity index is 1730. The van der Waals surface area contributed by atoms with Crippen molar-refractivity contribution in [2.45, 2.75) is 6.92 Å². The Labute approximate surface area is 206 Å². The Balaban J connectivity index is 1.60. The molecule has 0 radical (unpaired) electrons. The monoisotopic (exact) mass is 444 g/mol. The van der Waals surface area contributed by atoms with Crippen molar-refractivity contribution in [1.29, 1.82) is 0 Å². The molecule has 0 saturated carbocycles. The summed E-state index contributed by atoms with van der Waals surface area (Å²) in [5.41, 5.74) is 8.23. The molecule has 6 aromatic carbocycles. The van der Waals surface area contributed by atoms with Gasteiger partial charge in [-0.05, 0) is 62.9 Å². The second kappa shape index (κ2) is 8.98. The Morgan fingerprint density at radius 2 is 1.06 bits per heavy atom. The van der Waals surface area contributed by atoms with Gasteiger partial charge in [0, 0.05) is 11.1 Å². The van der Waals surface area contributed by atoms with Crippen molar-refractivity contribution in [3.63, 3.8) is 0 Å². The van der Waals surface area contributed by atoms with E-state index >= 15 is 0 Å². The summed E-state index contributed by atoms with van der Waals surface area (Å²) < 4.78 is 0. The quantitative estimate of drug-likeness (QED) is 0.185. The summed E-state index contributed by atoms with van der Waals surface area (Å²) in [6, 6.07) is 45.0. The SMILES string of the molecule is Cc1ccc2c(-c3ccccc3)c3ccccc3c(C#Cc3cccc(-c4ccccc4)c3)c2c1. The largest absolute Gasteiger partial charge is 0.0622 e. The van der Waals surface area contributed by atoms with Crippen LogP contribution >= 0.6 is 0 Å². The van der Waals surface area contributed by atoms with E-state index in [4.69, 9.17) is 0 Å². The molecule has 164 valence electrons. The molecular weight excluding hydrogens is 420 g/mol. The molecule has 0 N–H and O–H groups in total. The first-order chi connectivity index (χ1) is 17.3. The highest BCUT2D eigenvalue weighted by Gasteiger charge is 2.14. The highest BCUT2D eigenvalue weighted by atomic mass is 14.2. The molecule has 6 rings (SSSR count). The number of rotatable bonds is 2. The molecule has 0 spiro atoms. The highest BCUT2D eigenvalue weighted by Crippen LogP contribution is 2.39. The fraction of sp³-hybridized carbons (Fsp3) is 0.0286. The highest BCUT2D eigenvalue weighted by molar-refractivity contribution is 6.16. The lowest BCUT2D eigenvalue weighted by Gasteiger charge is -2.15. The van der Waals surface area contributed by atoms with Crippen LogP contribution in [-0.2, 0) is 0 Å². The van der Waals surface area contributed by atoms with Crippen molar-refractivity contribution in [2.24, 2.45) is 0 Å². The lowest BCUT2D eigenvalue weighted by molar-refractivity contribution is 1.50. The molecule has 6 aromatic rings. The summed E-state index contributed by atoms with van der Waals surface area (Å²) in [5.74, 6) is 7.07. The molecule has 0 heteroatoms. The normalized spacial score (nSPS) is 10.8. The summed E-state index contributed by atoms with van der Waals surface area (Å²) in [7, 11) is 0. The van der Waals surface area contributed by atoms with Crippen LogP contribution in [0.25, 0.3) is 43.8 Å². The standard InChI is InChI=1S/C35H24/c1-25-19-21-33-34(23-25)31(22-20-26-11-10-16-29(24-26)27-12-4-2-5-13-27)30-17-8-9-18-32(30)35(33)28-14-6-3-7-15-28/h2-19,21,23-24H,1H3. The lowest BCUT2D eigenvalue weighted by atomic mass is 9.88. The zero-order valence-corrected chi connectivity index (χ0v) is 19.6. The van der Waals surface area contributed by atoms with Crippen LogP contribution in [0, 0.1) is 18.8 Å². The first-order valence-corrected chi connectivity index (χ1v) is 12.0. The van der Waals surface area contributed by atoms with E-state index in [0.717, 1.165) is 11.1 Å². The van der Waals surface area contributed by atoms with Gasteiger partial charge in [0.2, 0.25) is 0 Å². The molecule has 0 nitrogen and oxygen atoms in total. The predicted octanol–water partition coefficient (Wildman–Crippen LogP) is 9.04. The fourth-order valence-electron chi connectivity index (χ4n) is 4.88. The third kappa shape index (κ3) is 3.99. The fourth-order valence-corrected chi connectivity index (χ4v) is 4.88. The van der Waals surface area contributed by atoms with Crippen molar-refractivity contribution in [1.82, 2.24) is 0 Å². The van der Waals surface area contributed by atoms with E-state index in [-0.39, 0.29) is 0 Å². The van der Waals surface area contributed by atoms with Gasteiger partial charge in [-0.15, -0.1) is 0 Å². The van der Waals surface area contributed by atoms with Crippen molar-refractivity contribution < 1.29 is 0 Å². The third-order valence-corrected chi connectivity index (χ3v) is 6.54. The van der Waals surface area contributed by atoms with E-state index in [1.54, 1.807) is 0 Å². The molecule has 35 heavy (non-hydrogen) atoms. The minimum atomic E-state index is 1.02. The van der Waals surface area contributed by atoms with Gasteiger partial charge in [-0.3, -0.25) is 0 Å². The number of hydrogen-bond acceptors (Lipinski definition) is 0. The minimum absolute atomic E-state index is 1.02. The maximum atomic E-state index is 3.58. The topological polar surface area (TPSA) is 0 Å². The van der Waals surface area contributed by atoms with E-state index in [9.17, 15) is 0 Å². The molecule has 0 unspecified atom stereocenters. The molecule has 0 heterocycles. The minimum Gasteiger partial charge on any atom is -0.0622 e. The third-order valence-electron chi connectivity index (χ3n) is 6.54. The van der Waals surface area contributed by atoms with Crippen LogP contribution in [0.4, 0.5) is 0 Å². The van der Waals surface area contributed by atoms with Crippen molar-refractivity contribution in [3.05, 3.63) is 144 Å². The van der Waals surface area contributed by atoms with E-state index < -0.39 is 0 Å². The number of fused-ring (bicyclic) bond motifs is 2. The van der Waals surface area contributed by atoms with Gasteiger partial charge >= 0.3 is 0 Å². The Morgan fingerprint density at radius 3 is 1.83 bits per heavy atom.